The number of anilines is 1. The smallest absolute Gasteiger partial charge is 0.173 e. The van der Waals surface area contributed by atoms with Crippen LogP contribution in [0.3, 0.4) is 0 Å². The molecule has 0 unspecified atom stereocenters. The van der Waals surface area contributed by atoms with Crippen molar-refractivity contribution in [1.82, 2.24) is 25.1 Å². The van der Waals surface area contributed by atoms with Gasteiger partial charge in [0.05, 0.1) is 24.9 Å². The fraction of sp³-hybridized carbons (Fsp3) is 0.480. The fourth-order valence-electron chi connectivity index (χ4n) is 5.25. The summed E-state index contributed by atoms with van der Waals surface area (Å²) < 4.78 is 21.4. The Bertz CT molecular complexity index is 1040. The molecule has 1 aliphatic heterocycles. The zero-order valence-electron chi connectivity index (χ0n) is 19.1. The summed E-state index contributed by atoms with van der Waals surface area (Å²) in [5, 5.41) is 13.0. The van der Waals surface area contributed by atoms with Gasteiger partial charge in [0.2, 0.25) is 0 Å². The number of hydrogen-bond donors (Lipinski definition) is 0. The van der Waals surface area contributed by atoms with Gasteiger partial charge in [-0.3, -0.25) is 4.90 Å². The predicted octanol–water partition coefficient (Wildman–Crippen LogP) is 4.24. The van der Waals surface area contributed by atoms with Crippen molar-refractivity contribution in [3.63, 3.8) is 0 Å². The number of tetrazole rings is 1. The number of rotatable bonds is 6. The molecule has 0 spiro atoms. The summed E-state index contributed by atoms with van der Waals surface area (Å²) in [6.07, 6.45) is 5.91. The minimum absolute atomic E-state index is 0.109. The molecule has 33 heavy (non-hydrogen) atoms. The highest BCUT2D eigenvalue weighted by Crippen LogP contribution is 2.35. The molecule has 1 aliphatic carbocycles. The molecule has 2 fully saturated rings. The standard InChI is InChI=1S/C25H31FN6O/c1-33-23-10-6-5-9-22(23)30-15-17-31(18-16-30)24(19-11-13-20(26)14-12-19)25-27-28-29-32(25)21-7-3-2-4-8-21/h5-6,9-14,21,24H,2-4,7-8,15-18H2,1H3/t24-/m0/s1. The van der Waals surface area contributed by atoms with Crippen LogP contribution >= 0.6 is 0 Å². The highest BCUT2D eigenvalue weighted by Gasteiger charge is 2.33. The average Bonchev–Trinajstić information content (AvgIpc) is 3.36. The van der Waals surface area contributed by atoms with Crippen molar-refractivity contribution in [2.24, 2.45) is 0 Å². The van der Waals surface area contributed by atoms with E-state index in [9.17, 15) is 4.39 Å². The van der Waals surface area contributed by atoms with Crippen molar-refractivity contribution >= 4 is 5.69 Å². The number of aromatic nitrogens is 4. The second kappa shape index (κ2) is 9.87. The molecule has 174 valence electrons. The summed E-state index contributed by atoms with van der Waals surface area (Å²) >= 11 is 0. The van der Waals surface area contributed by atoms with Gasteiger partial charge in [-0.25, -0.2) is 9.07 Å². The van der Waals surface area contributed by atoms with E-state index in [1.54, 1.807) is 7.11 Å². The minimum atomic E-state index is -0.231. The Morgan fingerprint density at radius 2 is 1.67 bits per heavy atom. The first-order chi connectivity index (χ1) is 16.2. The molecule has 1 aromatic heterocycles. The Balaban J connectivity index is 1.42. The summed E-state index contributed by atoms with van der Waals surface area (Å²) in [4.78, 5) is 4.78. The normalized spacial score (nSPS) is 18.9. The van der Waals surface area contributed by atoms with Crippen LogP contribution in [0.2, 0.25) is 0 Å². The van der Waals surface area contributed by atoms with Crippen LogP contribution < -0.4 is 9.64 Å². The summed E-state index contributed by atoms with van der Waals surface area (Å²) in [6, 6.07) is 15.2. The lowest BCUT2D eigenvalue weighted by molar-refractivity contribution is 0.193. The van der Waals surface area contributed by atoms with Crippen LogP contribution in [-0.2, 0) is 0 Å². The van der Waals surface area contributed by atoms with Crippen molar-refractivity contribution in [1.29, 1.82) is 0 Å². The van der Waals surface area contributed by atoms with Crippen LogP contribution in [0.4, 0.5) is 10.1 Å². The van der Waals surface area contributed by atoms with E-state index in [0.29, 0.717) is 6.04 Å². The van der Waals surface area contributed by atoms with Crippen LogP contribution in [0.5, 0.6) is 5.75 Å². The molecule has 5 rings (SSSR count). The van der Waals surface area contributed by atoms with E-state index in [0.717, 1.165) is 61.8 Å². The van der Waals surface area contributed by atoms with Gasteiger partial charge in [0, 0.05) is 26.2 Å². The molecule has 2 heterocycles. The number of halogens is 1. The van der Waals surface area contributed by atoms with Gasteiger partial charge in [-0.05, 0) is 53.1 Å². The molecule has 2 aromatic carbocycles. The van der Waals surface area contributed by atoms with E-state index in [1.807, 2.05) is 35.0 Å². The molecule has 0 radical (unpaired) electrons. The summed E-state index contributed by atoms with van der Waals surface area (Å²) in [6.45, 7) is 3.42. The van der Waals surface area contributed by atoms with Gasteiger partial charge in [-0.2, -0.15) is 0 Å². The maximum Gasteiger partial charge on any atom is 0.173 e. The van der Waals surface area contributed by atoms with Crippen LogP contribution in [0.15, 0.2) is 48.5 Å². The topological polar surface area (TPSA) is 59.3 Å². The van der Waals surface area contributed by atoms with E-state index >= 15 is 0 Å². The highest BCUT2D eigenvalue weighted by molar-refractivity contribution is 5.58. The first kappa shape index (κ1) is 21.8. The molecule has 3 aromatic rings. The van der Waals surface area contributed by atoms with Crippen molar-refractivity contribution in [3.05, 3.63) is 65.7 Å². The third-order valence-electron chi connectivity index (χ3n) is 6.97. The second-order valence-corrected chi connectivity index (χ2v) is 8.92. The van der Waals surface area contributed by atoms with Gasteiger partial charge in [0.25, 0.3) is 0 Å². The van der Waals surface area contributed by atoms with Gasteiger partial charge in [0.15, 0.2) is 5.82 Å². The number of piperazine rings is 1. The Morgan fingerprint density at radius 1 is 0.939 bits per heavy atom. The number of benzene rings is 2. The van der Waals surface area contributed by atoms with Gasteiger partial charge >= 0.3 is 0 Å². The quantitative estimate of drug-likeness (QED) is 0.560. The molecule has 0 amide bonds. The Morgan fingerprint density at radius 3 is 2.39 bits per heavy atom. The molecule has 8 heteroatoms. The average molecular weight is 451 g/mol. The minimum Gasteiger partial charge on any atom is -0.495 e. The molecule has 1 saturated heterocycles. The highest BCUT2D eigenvalue weighted by atomic mass is 19.1. The summed E-state index contributed by atoms with van der Waals surface area (Å²) in [5.74, 6) is 1.52. The van der Waals surface area contributed by atoms with Crippen LogP contribution in [-0.4, -0.2) is 58.4 Å². The van der Waals surface area contributed by atoms with E-state index in [1.165, 1.54) is 31.4 Å². The van der Waals surface area contributed by atoms with E-state index < -0.39 is 0 Å². The van der Waals surface area contributed by atoms with Crippen molar-refractivity contribution in [2.75, 3.05) is 38.2 Å². The second-order valence-electron chi connectivity index (χ2n) is 8.92. The molecule has 0 bridgehead atoms. The SMILES string of the molecule is COc1ccccc1N1CCN([C@@H](c2ccc(F)cc2)c2nnnn2C2CCCCC2)CC1. The third-order valence-corrected chi connectivity index (χ3v) is 6.97. The summed E-state index contributed by atoms with van der Waals surface area (Å²) in [7, 11) is 1.71. The molecule has 1 saturated carbocycles. The first-order valence-corrected chi connectivity index (χ1v) is 11.9. The molecular weight excluding hydrogens is 419 g/mol. The molecule has 0 N–H and O–H groups in total. The number of methoxy groups -OCH3 is 1. The zero-order valence-corrected chi connectivity index (χ0v) is 19.1. The molecule has 7 nitrogen and oxygen atoms in total. The van der Waals surface area contributed by atoms with E-state index in [-0.39, 0.29) is 11.9 Å². The van der Waals surface area contributed by atoms with Gasteiger partial charge in [0.1, 0.15) is 11.6 Å². The monoisotopic (exact) mass is 450 g/mol. The fourth-order valence-corrected chi connectivity index (χ4v) is 5.25. The maximum atomic E-state index is 13.7. The van der Waals surface area contributed by atoms with Crippen molar-refractivity contribution in [2.45, 2.75) is 44.2 Å². The van der Waals surface area contributed by atoms with Crippen molar-refractivity contribution in [3.8, 4) is 5.75 Å². The lowest BCUT2D eigenvalue weighted by atomic mass is 9.95. The first-order valence-electron chi connectivity index (χ1n) is 11.9. The number of para-hydroxylation sites is 2. The lowest BCUT2D eigenvalue weighted by Crippen LogP contribution is -2.48. The van der Waals surface area contributed by atoms with Gasteiger partial charge in [-0.15, -0.1) is 5.10 Å². The molecule has 2 aliphatic rings. The van der Waals surface area contributed by atoms with E-state index in [4.69, 9.17) is 4.74 Å². The van der Waals surface area contributed by atoms with Crippen molar-refractivity contribution < 1.29 is 9.13 Å². The number of nitrogens with zero attached hydrogens (tertiary/aromatic N) is 6. The molecular formula is C25H31FN6O. The van der Waals surface area contributed by atoms with E-state index in [2.05, 4.69) is 31.4 Å². The van der Waals surface area contributed by atoms with Gasteiger partial charge in [-0.1, -0.05) is 43.5 Å². The van der Waals surface area contributed by atoms with Crippen LogP contribution in [0, 0.1) is 5.82 Å². The number of ether oxygens (including phenoxy) is 1. The Kier molecular flexibility index (Phi) is 6.53. The zero-order chi connectivity index (χ0) is 22.6. The Labute approximate surface area is 194 Å². The molecule has 1 atom stereocenters. The van der Waals surface area contributed by atoms with Gasteiger partial charge < -0.3 is 9.64 Å². The van der Waals surface area contributed by atoms with Crippen LogP contribution in [0.1, 0.15) is 55.6 Å². The lowest BCUT2D eigenvalue weighted by Gasteiger charge is -2.40. The maximum absolute atomic E-state index is 13.7. The third kappa shape index (κ3) is 4.57. The number of hydrogen-bond acceptors (Lipinski definition) is 6. The summed E-state index contributed by atoms with van der Waals surface area (Å²) in [5.41, 5.74) is 2.14. The Hall–Kier alpha value is -3.00. The van der Waals surface area contributed by atoms with Crippen LogP contribution in [0.25, 0.3) is 0 Å². The largest absolute Gasteiger partial charge is 0.495 e. The predicted molar refractivity (Wildman–Crippen MR) is 125 cm³/mol.